The zero-order valence-electron chi connectivity index (χ0n) is 6.75. The number of rotatable bonds is 1. The third-order valence-electron chi connectivity index (χ3n) is 1.53. The van der Waals surface area contributed by atoms with E-state index in [4.69, 9.17) is 0 Å². The van der Waals surface area contributed by atoms with E-state index in [-0.39, 0.29) is 0 Å². The van der Waals surface area contributed by atoms with Crippen molar-refractivity contribution in [2.45, 2.75) is 0 Å². The van der Waals surface area contributed by atoms with E-state index in [9.17, 15) is 22.0 Å². The van der Waals surface area contributed by atoms with Crippen molar-refractivity contribution >= 4 is 6.08 Å². The lowest BCUT2D eigenvalue weighted by Gasteiger charge is -2.03. The van der Waals surface area contributed by atoms with Gasteiger partial charge in [0.2, 0.25) is 5.82 Å². The van der Waals surface area contributed by atoms with Gasteiger partial charge in [0, 0.05) is 0 Å². The Balaban J connectivity index is 3.59. The third-order valence-corrected chi connectivity index (χ3v) is 1.53. The molecule has 0 N–H and O–H groups in total. The summed E-state index contributed by atoms with van der Waals surface area (Å²) in [6.07, 6.45) is 1.63. The molecule has 0 heterocycles. The van der Waals surface area contributed by atoms with Crippen LogP contribution in [0.2, 0.25) is 0 Å². The van der Waals surface area contributed by atoms with Gasteiger partial charge in [-0.2, -0.15) is 0 Å². The maximum Gasteiger partial charge on any atom is 0.200 e. The van der Waals surface area contributed by atoms with Crippen LogP contribution in [0.1, 0.15) is 5.56 Å². The van der Waals surface area contributed by atoms with Crippen molar-refractivity contribution in [1.29, 1.82) is 0 Å². The summed E-state index contributed by atoms with van der Waals surface area (Å²) in [5.74, 6) is -9.81. The predicted octanol–water partition coefficient (Wildman–Crippen LogP) is 3.23. The highest BCUT2D eigenvalue weighted by Crippen LogP contribution is 2.23. The number of halogens is 5. The topological polar surface area (TPSA) is 0 Å². The van der Waals surface area contributed by atoms with E-state index >= 15 is 0 Å². The molecule has 0 atom stereocenters. The standard InChI is InChI=1S/C9H4F5/c1-2-3-4-5(10)7(12)9(14)8(13)6(4)11/h2-3H,1H2. The number of hydrogen-bond acceptors (Lipinski definition) is 0. The van der Waals surface area contributed by atoms with Crippen molar-refractivity contribution in [3.63, 3.8) is 0 Å². The van der Waals surface area contributed by atoms with Crippen molar-refractivity contribution in [3.8, 4) is 0 Å². The number of hydrogen-bond donors (Lipinski definition) is 0. The van der Waals surface area contributed by atoms with Crippen molar-refractivity contribution in [2.24, 2.45) is 0 Å². The first-order valence-electron chi connectivity index (χ1n) is 3.48. The first-order valence-corrected chi connectivity index (χ1v) is 3.48. The Morgan fingerprint density at radius 3 is 1.43 bits per heavy atom. The molecular formula is C9H4F5. The largest absolute Gasteiger partial charge is 0.203 e. The molecule has 0 aliphatic carbocycles. The summed E-state index contributed by atoms with van der Waals surface area (Å²) in [7, 11) is 0. The second-order valence-corrected chi connectivity index (χ2v) is 2.39. The highest BCUT2D eigenvalue weighted by atomic mass is 19.2. The maximum absolute atomic E-state index is 12.8. The molecule has 1 aromatic carbocycles. The van der Waals surface area contributed by atoms with E-state index in [1.807, 2.05) is 0 Å². The molecular weight excluding hydrogens is 203 g/mol. The van der Waals surface area contributed by atoms with Crippen LogP contribution in [-0.4, -0.2) is 0 Å². The zero-order chi connectivity index (χ0) is 10.9. The van der Waals surface area contributed by atoms with Crippen LogP contribution < -0.4 is 0 Å². The summed E-state index contributed by atoms with van der Waals surface area (Å²) in [4.78, 5) is 0. The minimum atomic E-state index is -2.17. The average Bonchev–Trinajstić information content (AvgIpc) is 2.19. The Morgan fingerprint density at radius 2 is 1.07 bits per heavy atom. The molecule has 0 aromatic heterocycles. The third kappa shape index (κ3) is 1.49. The normalized spacial score (nSPS) is 11.3. The molecule has 0 aliphatic rings. The molecule has 0 fully saturated rings. The molecule has 75 valence electrons. The number of allylic oxidation sites excluding steroid dienone is 1. The van der Waals surface area contributed by atoms with Gasteiger partial charge in [-0.1, -0.05) is 12.2 Å². The average molecular weight is 207 g/mol. The smallest absolute Gasteiger partial charge is 0.200 e. The molecule has 0 saturated heterocycles. The molecule has 0 bridgehead atoms. The van der Waals surface area contributed by atoms with Gasteiger partial charge < -0.3 is 0 Å². The Labute approximate surface area is 76.7 Å². The Hall–Kier alpha value is -1.39. The fourth-order valence-electron chi connectivity index (χ4n) is 0.886. The molecule has 0 aliphatic heterocycles. The van der Waals surface area contributed by atoms with Crippen LogP contribution in [0.5, 0.6) is 0 Å². The minimum Gasteiger partial charge on any atom is -0.203 e. The summed E-state index contributed by atoms with van der Waals surface area (Å²) in [5, 5.41) is 0. The zero-order valence-corrected chi connectivity index (χ0v) is 6.75. The van der Waals surface area contributed by atoms with Crippen LogP contribution in [0.15, 0.2) is 6.08 Å². The van der Waals surface area contributed by atoms with Crippen LogP contribution in [0.25, 0.3) is 6.08 Å². The molecule has 0 saturated carbocycles. The highest BCUT2D eigenvalue weighted by molar-refractivity contribution is 5.51. The van der Waals surface area contributed by atoms with Gasteiger partial charge in [0.1, 0.15) is 0 Å². The first-order chi connectivity index (χ1) is 6.50. The van der Waals surface area contributed by atoms with Crippen molar-refractivity contribution in [1.82, 2.24) is 0 Å². The van der Waals surface area contributed by atoms with Gasteiger partial charge in [-0.05, 0) is 6.92 Å². The van der Waals surface area contributed by atoms with Crippen molar-refractivity contribution < 1.29 is 22.0 Å². The predicted molar refractivity (Wildman–Crippen MR) is 40.6 cm³/mol. The summed E-state index contributed by atoms with van der Waals surface area (Å²) in [5.41, 5.74) is -0.989. The molecule has 1 radical (unpaired) electrons. The van der Waals surface area contributed by atoms with Gasteiger partial charge in [-0.25, -0.2) is 22.0 Å². The molecule has 14 heavy (non-hydrogen) atoms. The van der Waals surface area contributed by atoms with E-state index in [0.717, 1.165) is 6.08 Å². The highest BCUT2D eigenvalue weighted by Gasteiger charge is 2.23. The van der Waals surface area contributed by atoms with Crippen LogP contribution in [0, 0.1) is 36.0 Å². The molecule has 0 spiro atoms. The van der Waals surface area contributed by atoms with E-state index in [1.54, 1.807) is 0 Å². The van der Waals surface area contributed by atoms with Crippen LogP contribution >= 0.6 is 0 Å². The second kappa shape index (κ2) is 3.77. The van der Waals surface area contributed by atoms with E-state index in [0.29, 0.717) is 6.08 Å². The Bertz CT molecular complexity index is 366. The molecule has 1 aromatic rings. The monoisotopic (exact) mass is 207 g/mol. The van der Waals surface area contributed by atoms with Gasteiger partial charge in [-0.3, -0.25) is 0 Å². The lowest BCUT2D eigenvalue weighted by molar-refractivity contribution is 0.377. The second-order valence-electron chi connectivity index (χ2n) is 2.39. The van der Waals surface area contributed by atoms with E-state index < -0.39 is 34.6 Å². The summed E-state index contributed by atoms with van der Waals surface area (Å²) < 4.78 is 63.1. The van der Waals surface area contributed by atoms with Crippen LogP contribution in [-0.2, 0) is 0 Å². The lowest BCUT2D eigenvalue weighted by atomic mass is 10.1. The van der Waals surface area contributed by atoms with Crippen molar-refractivity contribution in [3.05, 3.63) is 47.6 Å². The van der Waals surface area contributed by atoms with E-state index in [2.05, 4.69) is 6.92 Å². The molecule has 0 amide bonds. The van der Waals surface area contributed by atoms with Crippen LogP contribution in [0.4, 0.5) is 22.0 Å². The maximum atomic E-state index is 12.8. The molecule has 1 rings (SSSR count). The van der Waals surface area contributed by atoms with Gasteiger partial charge in [-0.15, -0.1) is 0 Å². The summed E-state index contributed by atoms with van der Waals surface area (Å²) >= 11 is 0. The minimum absolute atomic E-state index is 0.705. The van der Waals surface area contributed by atoms with Gasteiger partial charge in [0.05, 0.1) is 5.56 Å². The first kappa shape index (κ1) is 10.7. The van der Waals surface area contributed by atoms with Crippen LogP contribution in [0.3, 0.4) is 0 Å². The summed E-state index contributed by atoms with van der Waals surface area (Å²) in [6, 6.07) is 0. The Kier molecular flexibility index (Phi) is 2.88. The quantitative estimate of drug-likeness (QED) is 0.376. The fourth-order valence-corrected chi connectivity index (χ4v) is 0.886. The van der Waals surface area contributed by atoms with Gasteiger partial charge in [0.15, 0.2) is 23.3 Å². The molecule has 5 heteroatoms. The SMILES string of the molecule is [CH2]C=Cc1c(F)c(F)c(F)c(F)c1F. The van der Waals surface area contributed by atoms with Crippen molar-refractivity contribution in [2.75, 3.05) is 0 Å². The fraction of sp³-hybridized carbons (Fsp3) is 0. The molecule has 0 nitrogen and oxygen atoms in total. The lowest BCUT2D eigenvalue weighted by Crippen LogP contribution is -2.03. The van der Waals surface area contributed by atoms with Gasteiger partial charge >= 0.3 is 0 Å². The summed E-state index contributed by atoms with van der Waals surface area (Å²) in [6.45, 7) is 3.09. The van der Waals surface area contributed by atoms with E-state index in [1.165, 1.54) is 0 Å². The molecule has 0 unspecified atom stereocenters. The number of benzene rings is 1. The van der Waals surface area contributed by atoms with Gasteiger partial charge in [0.25, 0.3) is 0 Å². The Morgan fingerprint density at radius 1 is 0.714 bits per heavy atom.